The first-order valence-electron chi connectivity index (χ1n) is 6.97. The van der Waals surface area contributed by atoms with E-state index in [4.69, 9.17) is 4.74 Å². The van der Waals surface area contributed by atoms with Crippen molar-refractivity contribution in [3.8, 4) is 5.75 Å². The molecule has 0 aromatic heterocycles. The molecule has 0 aliphatic carbocycles. The zero-order valence-electron chi connectivity index (χ0n) is 12.4. The molecule has 0 aliphatic heterocycles. The molecule has 22 heavy (non-hydrogen) atoms. The summed E-state index contributed by atoms with van der Waals surface area (Å²) < 4.78 is 6.17. The number of ketones is 1. The monoisotopic (exact) mass is 354 g/mol. The third-order valence-electron chi connectivity index (χ3n) is 3.74. The summed E-state index contributed by atoms with van der Waals surface area (Å²) in [5.74, 6) is 0.840. The van der Waals surface area contributed by atoms with Gasteiger partial charge in [-0.1, -0.05) is 46.3 Å². The fraction of sp³-hybridized carbons (Fsp3) is 0.105. The SMILES string of the molecule is COc1ccc2cc(C(=O)c3ccc(C)c(Br)c3)ccc2c1. The molecule has 0 amide bonds. The van der Waals surface area contributed by atoms with E-state index in [0.29, 0.717) is 11.1 Å². The maximum absolute atomic E-state index is 12.6. The predicted molar refractivity (Wildman–Crippen MR) is 92.8 cm³/mol. The average molecular weight is 355 g/mol. The first-order chi connectivity index (χ1) is 10.6. The number of rotatable bonds is 3. The Kier molecular flexibility index (Phi) is 3.99. The van der Waals surface area contributed by atoms with Gasteiger partial charge >= 0.3 is 0 Å². The number of hydrogen-bond acceptors (Lipinski definition) is 2. The van der Waals surface area contributed by atoms with Crippen LogP contribution in [0, 0.1) is 6.92 Å². The van der Waals surface area contributed by atoms with Crippen LogP contribution in [-0.4, -0.2) is 12.9 Å². The summed E-state index contributed by atoms with van der Waals surface area (Å²) in [6, 6.07) is 17.2. The number of carbonyl (C=O) groups is 1. The Morgan fingerprint density at radius 2 is 1.55 bits per heavy atom. The lowest BCUT2D eigenvalue weighted by Gasteiger charge is -2.07. The molecule has 2 nitrogen and oxygen atoms in total. The smallest absolute Gasteiger partial charge is 0.193 e. The topological polar surface area (TPSA) is 26.3 Å². The summed E-state index contributed by atoms with van der Waals surface area (Å²) in [7, 11) is 1.65. The van der Waals surface area contributed by atoms with Crippen molar-refractivity contribution in [2.75, 3.05) is 7.11 Å². The third kappa shape index (κ3) is 2.77. The number of carbonyl (C=O) groups excluding carboxylic acids is 1. The van der Waals surface area contributed by atoms with Gasteiger partial charge in [-0.15, -0.1) is 0 Å². The van der Waals surface area contributed by atoms with Crippen LogP contribution in [0.1, 0.15) is 21.5 Å². The van der Waals surface area contributed by atoms with E-state index >= 15 is 0 Å². The van der Waals surface area contributed by atoms with Crippen molar-refractivity contribution < 1.29 is 9.53 Å². The van der Waals surface area contributed by atoms with E-state index in [9.17, 15) is 4.79 Å². The number of fused-ring (bicyclic) bond motifs is 1. The Bertz CT molecular complexity index is 868. The second-order valence-corrected chi connectivity index (χ2v) is 6.08. The van der Waals surface area contributed by atoms with Gasteiger partial charge in [0.2, 0.25) is 0 Å². The molecule has 0 fully saturated rings. The van der Waals surface area contributed by atoms with E-state index in [1.54, 1.807) is 7.11 Å². The van der Waals surface area contributed by atoms with Crippen LogP contribution in [0.4, 0.5) is 0 Å². The number of aryl methyl sites for hydroxylation is 1. The van der Waals surface area contributed by atoms with Crippen LogP contribution in [-0.2, 0) is 0 Å². The van der Waals surface area contributed by atoms with Gasteiger partial charge in [0.1, 0.15) is 5.75 Å². The molecule has 0 spiro atoms. The molecule has 3 aromatic rings. The highest BCUT2D eigenvalue weighted by atomic mass is 79.9. The Labute approximate surface area is 137 Å². The molecule has 0 radical (unpaired) electrons. The number of halogens is 1. The van der Waals surface area contributed by atoms with Crippen molar-refractivity contribution in [2.24, 2.45) is 0 Å². The molecule has 110 valence electrons. The first kappa shape index (κ1) is 14.8. The van der Waals surface area contributed by atoms with E-state index in [1.807, 2.05) is 61.5 Å². The van der Waals surface area contributed by atoms with E-state index < -0.39 is 0 Å². The summed E-state index contributed by atoms with van der Waals surface area (Å²) in [6.45, 7) is 2.00. The number of methoxy groups -OCH3 is 1. The molecular formula is C19H15BrO2. The lowest BCUT2D eigenvalue weighted by molar-refractivity contribution is 0.103. The summed E-state index contributed by atoms with van der Waals surface area (Å²) >= 11 is 3.48. The first-order valence-corrected chi connectivity index (χ1v) is 7.76. The minimum Gasteiger partial charge on any atom is -0.497 e. The fourth-order valence-electron chi connectivity index (χ4n) is 2.39. The van der Waals surface area contributed by atoms with Crippen LogP contribution in [0.3, 0.4) is 0 Å². The molecule has 0 atom stereocenters. The van der Waals surface area contributed by atoms with Gasteiger partial charge < -0.3 is 4.74 Å². The van der Waals surface area contributed by atoms with Crippen LogP contribution >= 0.6 is 15.9 Å². The van der Waals surface area contributed by atoms with Gasteiger partial charge in [-0.3, -0.25) is 4.79 Å². The molecule has 0 saturated heterocycles. The highest BCUT2D eigenvalue weighted by Gasteiger charge is 2.11. The number of ether oxygens (including phenoxy) is 1. The largest absolute Gasteiger partial charge is 0.497 e. The highest BCUT2D eigenvalue weighted by Crippen LogP contribution is 2.24. The van der Waals surface area contributed by atoms with Gasteiger partial charge in [0.25, 0.3) is 0 Å². The summed E-state index contributed by atoms with van der Waals surface area (Å²) in [5.41, 5.74) is 2.49. The summed E-state index contributed by atoms with van der Waals surface area (Å²) in [4.78, 5) is 12.6. The molecule has 0 unspecified atom stereocenters. The zero-order chi connectivity index (χ0) is 15.7. The van der Waals surface area contributed by atoms with Crippen molar-refractivity contribution in [2.45, 2.75) is 6.92 Å². The predicted octanol–water partition coefficient (Wildman–Crippen LogP) is 5.15. The molecule has 0 N–H and O–H groups in total. The standard InChI is InChI=1S/C19H15BrO2/c1-12-3-4-16(11-18(12)20)19(21)15-6-5-14-10-17(22-2)8-7-13(14)9-15/h3-11H,1-2H3. The molecular weight excluding hydrogens is 340 g/mol. The molecule has 3 rings (SSSR count). The maximum atomic E-state index is 12.6. The summed E-state index contributed by atoms with van der Waals surface area (Å²) in [6.07, 6.45) is 0. The van der Waals surface area contributed by atoms with Crippen LogP contribution in [0.15, 0.2) is 59.1 Å². The van der Waals surface area contributed by atoms with Crippen LogP contribution in [0.2, 0.25) is 0 Å². The normalized spacial score (nSPS) is 10.7. The van der Waals surface area contributed by atoms with E-state index in [0.717, 1.165) is 26.6 Å². The van der Waals surface area contributed by atoms with Crippen LogP contribution < -0.4 is 4.74 Å². The second kappa shape index (κ2) is 5.93. The van der Waals surface area contributed by atoms with E-state index in [1.165, 1.54) is 0 Å². The van der Waals surface area contributed by atoms with E-state index in [2.05, 4.69) is 15.9 Å². The Balaban J connectivity index is 2.02. The molecule has 0 saturated carbocycles. The van der Waals surface area contributed by atoms with Gasteiger partial charge in [-0.25, -0.2) is 0 Å². The van der Waals surface area contributed by atoms with E-state index in [-0.39, 0.29) is 5.78 Å². The van der Waals surface area contributed by atoms with Gasteiger partial charge in [0.15, 0.2) is 5.78 Å². The Morgan fingerprint density at radius 1 is 0.909 bits per heavy atom. The highest BCUT2D eigenvalue weighted by molar-refractivity contribution is 9.10. The quantitative estimate of drug-likeness (QED) is 0.608. The van der Waals surface area contributed by atoms with Crippen LogP contribution in [0.5, 0.6) is 5.75 Å². The third-order valence-corrected chi connectivity index (χ3v) is 4.60. The minimum atomic E-state index is 0.0263. The van der Waals surface area contributed by atoms with Crippen molar-refractivity contribution in [3.05, 3.63) is 75.8 Å². The molecule has 0 bridgehead atoms. The fourth-order valence-corrected chi connectivity index (χ4v) is 2.77. The molecule has 0 heterocycles. The average Bonchev–Trinajstić information content (AvgIpc) is 2.55. The minimum absolute atomic E-state index is 0.0263. The molecule has 3 aromatic carbocycles. The molecule has 3 heteroatoms. The lowest BCUT2D eigenvalue weighted by atomic mass is 9.99. The van der Waals surface area contributed by atoms with Crippen LogP contribution in [0.25, 0.3) is 10.8 Å². The van der Waals surface area contributed by atoms with Gasteiger partial charge in [0, 0.05) is 15.6 Å². The number of hydrogen-bond donors (Lipinski definition) is 0. The molecule has 0 aliphatic rings. The van der Waals surface area contributed by atoms with Gasteiger partial charge in [0.05, 0.1) is 7.11 Å². The second-order valence-electron chi connectivity index (χ2n) is 5.22. The Morgan fingerprint density at radius 3 is 2.27 bits per heavy atom. The van der Waals surface area contributed by atoms with Crippen molar-refractivity contribution in [1.29, 1.82) is 0 Å². The lowest BCUT2D eigenvalue weighted by Crippen LogP contribution is -2.01. The number of benzene rings is 3. The van der Waals surface area contributed by atoms with Crippen molar-refractivity contribution in [3.63, 3.8) is 0 Å². The Hall–Kier alpha value is -2.13. The maximum Gasteiger partial charge on any atom is 0.193 e. The van der Waals surface area contributed by atoms with Gasteiger partial charge in [-0.2, -0.15) is 0 Å². The van der Waals surface area contributed by atoms with Crippen molar-refractivity contribution >= 4 is 32.5 Å². The zero-order valence-corrected chi connectivity index (χ0v) is 14.0. The summed E-state index contributed by atoms with van der Waals surface area (Å²) in [5, 5.41) is 2.08. The van der Waals surface area contributed by atoms with Crippen molar-refractivity contribution in [1.82, 2.24) is 0 Å². The van der Waals surface area contributed by atoms with Gasteiger partial charge in [-0.05, 0) is 47.5 Å².